The zero-order chi connectivity index (χ0) is 25.6. The average molecular weight is 504 g/mol. The molecule has 2 saturated heterocycles. The van der Waals surface area contributed by atoms with E-state index in [1.165, 1.54) is 56.1 Å². The van der Waals surface area contributed by atoms with Crippen molar-refractivity contribution in [3.8, 4) is 17.6 Å². The van der Waals surface area contributed by atoms with Gasteiger partial charge in [-0.2, -0.15) is 0 Å². The van der Waals surface area contributed by atoms with Crippen molar-refractivity contribution in [1.29, 1.82) is 0 Å². The van der Waals surface area contributed by atoms with E-state index in [2.05, 4.69) is 31.8 Å². The van der Waals surface area contributed by atoms with Crippen LogP contribution >= 0.6 is 0 Å². The number of ether oxygens (including phenoxy) is 1. The van der Waals surface area contributed by atoms with E-state index >= 15 is 0 Å². The van der Waals surface area contributed by atoms with Gasteiger partial charge >= 0.3 is 0 Å². The molecular weight excluding hydrogens is 458 g/mol. The molecule has 0 radical (unpaired) electrons. The molecule has 5 aliphatic carbocycles. The Morgan fingerprint density at radius 2 is 1.89 bits per heavy atom. The Morgan fingerprint density at radius 1 is 1.08 bits per heavy atom. The molecule has 4 nitrogen and oxygen atoms in total. The second-order valence-corrected chi connectivity index (χ2v) is 14.6. The van der Waals surface area contributed by atoms with Crippen LogP contribution in [0.4, 0.5) is 0 Å². The molecular formula is C33H45NO3. The zero-order valence-electron chi connectivity index (χ0n) is 22.8. The number of aliphatic hydroxyl groups excluding tert-OH is 1. The summed E-state index contributed by atoms with van der Waals surface area (Å²) in [5, 5.41) is 20.9. The lowest BCUT2D eigenvalue weighted by Crippen LogP contribution is -2.82. The summed E-state index contributed by atoms with van der Waals surface area (Å²) in [7, 11) is 0. The topological polar surface area (TPSA) is 75.7 Å². The summed E-state index contributed by atoms with van der Waals surface area (Å²) in [6.45, 7) is 4.70. The van der Waals surface area contributed by atoms with Gasteiger partial charge in [-0.1, -0.05) is 30.7 Å². The second-order valence-electron chi connectivity index (χ2n) is 14.6. The summed E-state index contributed by atoms with van der Waals surface area (Å²) >= 11 is 0. The molecule has 2 aliphatic heterocycles. The number of fused-ring (bicyclic) bond motifs is 4. The third kappa shape index (κ3) is 3.46. The third-order valence-corrected chi connectivity index (χ3v) is 12.2. The molecule has 200 valence electrons. The average Bonchev–Trinajstić information content (AvgIpc) is 3.27. The largest absolute Gasteiger partial charge is 0.508 e. The van der Waals surface area contributed by atoms with Gasteiger partial charge in [-0.3, -0.25) is 0 Å². The molecule has 6 fully saturated rings. The Bertz CT molecular complexity index is 1140. The number of benzene rings is 1. The minimum atomic E-state index is -0.532. The van der Waals surface area contributed by atoms with Crippen molar-refractivity contribution >= 4 is 0 Å². The van der Waals surface area contributed by atoms with Crippen LogP contribution in [0.2, 0.25) is 0 Å². The lowest BCUT2D eigenvalue weighted by Gasteiger charge is -2.73. The van der Waals surface area contributed by atoms with E-state index in [0.29, 0.717) is 35.3 Å². The molecule has 0 unspecified atom stereocenters. The highest BCUT2D eigenvalue weighted by molar-refractivity contribution is 5.39. The van der Waals surface area contributed by atoms with Gasteiger partial charge in [-0.05, 0) is 118 Å². The molecule has 2 heterocycles. The predicted molar refractivity (Wildman–Crippen MR) is 145 cm³/mol. The second kappa shape index (κ2) is 8.23. The van der Waals surface area contributed by atoms with Crippen molar-refractivity contribution in [3.63, 3.8) is 0 Å². The lowest BCUT2D eigenvalue weighted by atomic mass is 9.40. The van der Waals surface area contributed by atoms with E-state index in [1.807, 2.05) is 12.1 Å². The maximum absolute atomic E-state index is 10.6. The number of hydrogen-bond acceptors (Lipinski definition) is 4. The van der Waals surface area contributed by atoms with E-state index in [4.69, 9.17) is 10.5 Å². The normalized spacial score (nSPS) is 44.8. The van der Waals surface area contributed by atoms with E-state index in [-0.39, 0.29) is 35.6 Å². The molecule has 8 atom stereocenters. The molecule has 8 rings (SSSR count). The van der Waals surface area contributed by atoms with Crippen LogP contribution in [0.1, 0.15) is 89.2 Å². The minimum absolute atomic E-state index is 0.0622. The van der Waals surface area contributed by atoms with Gasteiger partial charge in [0.1, 0.15) is 5.75 Å². The van der Waals surface area contributed by atoms with Crippen LogP contribution in [0.5, 0.6) is 5.75 Å². The molecule has 4 heteroatoms. The Hall–Kier alpha value is -1.54. The van der Waals surface area contributed by atoms with Gasteiger partial charge in [0.25, 0.3) is 0 Å². The Morgan fingerprint density at radius 3 is 2.68 bits per heavy atom. The molecule has 2 spiro atoms. The van der Waals surface area contributed by atoms with Crippen molar-refractivity contribution in [2.24, 2.45) is 46.7 Å². The molecule has 0 aromatic heterocycles. The monoisotopic (exact) mass is 503 g/mol. The first-order chi connectivity index (χ1) is 17.7. The number of rotatable bonds is 1. The Kier molecular flexibility index (Phi) is 5.45. The number of nitrogens with two attached hydrogens (primary N) is 1. The predicted octanol–water partition coefficient (Wildman–Crippen LogP) is 5.37. The van der Waals surface area contributed by atoms with Crippen LogP contribution < -0.4 is 5.73 Å². The quantitative estimate of drug-likeness (QED) is 0.451. The summed E-state index contributed by atoms with van der Waals surface area (Å²) in [6.07, 6.45) is 14.1. The number of aromatic hydroxyl groups is 1. The van der Waals surface area contributed by atoms with Gasteiger partial charge in [0.15, 0.2) is 0 Å². The summed E-state index contributed by atoms with van der Waals surface area (Å²) in [4.78, 5) is 0. The first kappa shape index (κ1) is 24.5. The van der Waals surface area contributed by atoms with Gasteiger partial charge in [0, 0.05) is 30.4 Å². The smallest absolute Gasteiger partial charge is 0.115 e. The van der Waals surface area contributed by atoms with E-state index in [9.17, 15) is 10.2 Å². The maximum Gasteiger partial charge on any atom is 0.115 e. The fourth-order valence-electron chi connectivity index (χ4n) is 11.3. The molecule has 1 aromatic carbocycles. The van der Waals surface area contributed by atoms with Crippen molar-refractivity contribution in [2.75, 3.05) is 6.61 Å². The minimum Gasteiger partial charge on any atom is -0.508 e. The van der Waals surface area contributed by atoms with Crippen molar-refractivity contribution < 1.29 is 14.9 Å². The molecule has 7 aliphatic rings. The molecule has 4 N–H and O–H groups in total. The molecule has 37 heavy (non-hydrogen) atoms. The summed E-state index contributed by atoms with van der Waals surface area (Å²) in [5.74, 6) is 9.53. The van der Waals surface area contributed by atoms with Gasteiger partial charge in [-0.15, -0.1) is 0 Å². The summed E-state index contributed by atoms with van der Waals surface area (Å²) in [5.41, 5.74) is 9.42. The number of hydrogen-bond donors (Lipinski definition) is 3. The highest BCUT2D eigenvalue weighted by atomic mass is 16.5. The fourth-order valence-corrected chi connectivity index (χ4v) is 11.3. The standard InChI is InChI=1S/C33H45NO3/c1-30(2)29-24-8-10-25(20-35)33(29,34)28-7-5-6-22-16-27(36)11-9-23(22)14-21-15-26(32(28,18-24)37-30)19-31(17-21)12-3-4-13-31/h9,11,16,21,24-26,28-29,35-36H,3-4,6,8,10,12-15,17-20,34H2,1-2H3/t21-,24-,25-,26-,28+,29-,32+,33-/m0/s1. The molecule has 6 bridgehead atoms. The van der Waals surface area contributed by atoms with Gasteiger partial charge in [0.2, 0.25) is 0 Å². The zero-order valence-corrected chi connectivity index (χ0v) is 22.8. The van der Waals surface area contributed by atoms with E-state index in [0.717, 1.165) is 25.7 Å². The van der Waals surface area contributed by atoms with Crippen molar-refractivity contribution in [2.45, 2.75) is 108 Å². The Labute approximate surface area is 222 Å². The van der Waals surface area contributed by atoms with Gasteiger partial charge in [0.05, 0.1) is 17.1 Å². The van der Waals surface area contributed by atoms with Crippen LogP contribution in [-0.4, -0.2) is 33.6 Å². The highest BCUT2D eigenvalue weighted by Crippen LogP contribution is 2.69. The first-order valence-corrected chi connectivity index (χ1v) is 15.1. The first-order valence-electron chi connectivity index (χ1n) is 15.1. The summed E-state index contributed by atoms with van der Waals surface area (Å²) in [6, 6.07) is 5.93. The van der Waals surface area contributed by atoms with Crippen LogP contribution in [0.3, 0.4) is 0 Å². The van der Waals surface area contributed by atoms with E-state index in [1.54, 1.807) is 0 Å². The molecule has 4 saturated carbocycles. The van der Waals surface area contributed by atoms with E-state index < -0.39 is 5.54 Å². The maximum atomic E-state index is 10.6. The molecule has 1 aromatic rings. The van der Waals surface area contributed by atoms with Crippen molar-refractivity contribution in [3.05, 3.63) is 29.3 Å². The van der Waals surface area contributed by atoms with Crippen LogP contribution in [0.15, 0.2) is 18.2 Å². The lowest BCUT2D eigenvalue weighted by molar-refractivity contribution is -0.342. The number of phenolic OH excluding ortho intramolecular Hbond substituents is 1. The highest BCUT2D eigenvalue weighted by Gasteiger charge is 2.74. The number of phenols is 1. The fraction of sp³-hybridized carbons (Fsp3) is 0.758. The van der Waals surface area contributed by atoms with Crippen molar-refractivity contribution in [1.82, 2.24) is 0 Å². The van der Waals surface area contributed by atoms with Crippen LogP contribution in [0.25, 0.3) is 0 Å². The Balaban J connectivity index is 1.43. The third-order valence-electron chi connectivity index (χ3n) is 12.2. The van der Waals surface area contributed by atoms with Gasteiger partial charge < -0.3 is 20.7 Å². The summed E-state index contributed by atoms with van der Waals surface area (Å²) < 4.78 is 7.41. The SMILES string of the molecule is CC1(C)O[C@@]23C[C@@H]4CC[C@@H](CO)[C@](N)([C@@H]2C#CCc2cc(O)ccc2C[C@H]2C[C@H]3CC3(CCCC3)C2)[C@@H]41. The van der Waals surface area contributed by atoms with Crippen LogP contribution in [0, 0.1) is 52.8 Å². The number of aliphatic hydroxyl groups is 1. The molecule has 0 amide bonds. The van der Waals surface area contributed by atoms with Gasteiger partial charge in [-0.25, -0.2) is 0 Å². The van der Waals surface area contributed by atoms with Crippen LogP contribution in [-0.2, 0) is 17.6 Å².